The highest BCUT2D eigenvalue weighted by molar-refractivity contribution is 5.95. The number of carbonyl (C=O) groups excluding carboxylic acids is 1. The number of halogens is 1. The average molecular weight is 397 g/mol. The molecule has 150 valence electrons. The van der Waals surface area contributed by atoms with E-state index >= 15 is 0 Å². The number of nitrogens with one attached hydrogen (secondary N) is 1. The van der Waals surface area contributed by atoms with Gasteiger partial charge in [0, 0.05) is 37.0 Å². The third-order valence-corrected chi connectivity index (χ3v) is 4.52. The molecule has 29 heavy (non-hydrogen) atoms. The number of ether oxygens (including phenoxy) is 1. The summed E-state index contributed by atoms with van der Waals surface area (Å²) in [6, 6.07) is 6.95. The Morgan fingerprint density at radius 1 is 1.28 bits per heavy atom. The lowest BCUT2D eigenvalue weighted by Gasteiger charge is -2.28. The first kappa shape index (κ1) is 18.9. The lowest BCUT2D eigenvalue weighted by Crippen LogP contribution is -2.37. The van der Waals surface area contributed by atoms with Gasteiger partial charge in [0.25, 0.3) is 5.91 Å². The van der Waals surface area contributed by atoms with Gasteiger partial charge in [-0.3, -0.25) is 9.48 Å². The maximum absolute atomic E-state index is 14.3. The predicted molar refractivity (Wildman–Crippen MR) is 103 cm³/mol. The van der Waals surface area contributed by atoms with Crippen molar-refractivity contribution in [3.8, 4) is 11.4 Å². The molecule has 1 N–H and O–H groups in total. The minimum atomic E-state index is -0.474. The van der Waals surface area contributed by atoms with Crippen molar-refractivity contribution in [2.45, 2.75) is 6.54 Å². The highest BCUT2D eigenvalue weighted by atomic mass is 19.1. The minimum Gasteiger partial charge on any atom is -0.378 e. The van der Waals surface area contributed by atoms with Crippen LogP contribution in [-0.4, -0.2) is 63.7 Å². The Bertz CT molecular complexity index is 974. The van der Waals surface area contributed by atoms with Crippen LogP contribution in [0.2, 0.25) is 0 Å². The molecule has 1 aliphatic rings. The van der Waals surface area contributed by atoms with Crippen LogP contribution in [0, 0.1) is 5.82 Å². The van der Waals surface area contributed by atoms with Gasteiger partial charge in [0.2, 0.25) is 0 Å². The van der Waals surface area contributed by atoms with Crippen molar-refractivity contribution in [3.63, 3.8) is 0 Å². The SMILES string of the molecule is O=C(NCCn1ccnn1)c1cccc(-c2ncc(F)c(N3CCOCC3)n2)c1. The molecule has 0 aliphatic carbocycles. The van der Waals surface area contributed by atoms with Crippen LogP contribution >= 0.6 is 0 Å². The molecule has 4 rings (SSSR count). The van der Waals surface area contributed by atoms with Crippen LogP contribution in [0.15, 0.2) is 42.9 Å². The minimum absolute atomic E-state index is 0.220. The van der Waals surface area contributed by atoms with E-state index in [1.54, 1.807) is 41.3 Å². The van der Waals surface area contributed by atoms with Crippen molar-refractivity contribution in [3.05, 3.63) is 54.2 Å². The van der Waals surface area contributed by atoms with Gasteiger partial charge in [-0.1, -0.05) is 17.3 Å². The molecule has 0 spiro atoms. The van der Waals surface area contributed by atoms with Crippen molar-refractivity contribution in [1.82, 2.24) is 30.3 Å². The molecule has 10 heteroatoms. The van der Waals surface area contributed by atoms with Gasteiger partial charge in [0.15, 0.2) is 17.5 Å². The Morgan fingerprint density at radius 3 is 2.93 bits per heavy atom. The van der Waals surface area contributed by atoms with Crippen LogP contribution in [0.4, 0.5) is 10.2 Å². The summed E-state index contributed by atoms with van der Waals surface area (Å²) < 4.78 is 21.2. The summed E-state index contributed by atoms with van der Waals surface area (Å²) in [5.74, 6) is -0.0775. The first-order valence-corrected chi connectivity index (χ1v) is 9.29. The second-order valence-electron chi connectivity index (χ2n) is 6.47. The van der Waals surface area contributed by atoms with Crippen LogP contribution in [0.1, 0.15) is 10.4 Å². The summed E-state index contributed by atoms with van der Waals surface area (Å²) in [5, 5.41) is 10.4. The molecule has 0 atom stereocenters. The van der Waals surface area contributed by atoms with E-state index in [2.05, 4.69) is 25.6 Å². The first-order valence-electron chi connectivity index (χ1n) is 9.29. The second kappa shape index (κ2) is 8.74. The first-order chi connectivity index (χ1) is 14.2. The van der Waals surface area contributed by atoms with Crippen molar-refractivity contribution in [2.75, 3.05) is 37.7 Å². The number of anilines is 1. The second-order valence-corrected chi connectivity index (χ2v) is 6.47. The van der Waals surface area contributed by atoms with Gasteiger partial charge in [0.1, 0.15) is 0 Å². The van der Waals surface area contributed by atoms with Gasteiger partial charge in [-0.15, -0.1) is 5.10 Å². The number of benzene rings is 1. The molecular weight excluding hydrogens is 377 g/mol. The molecule has 1 aromatic carbocycles. The largest absolute Gasteiger partial charge is 0.378 e. The zero-order valence-electron chi connectivity index (χ0n) is 15.7. The molecule has 0 radical (unpaired) electrons. The zero-order valence-corrected chi connectivity index (χ0v) is 15.7. The van der Waals surface area contributed by atoms with Crippen LogP contribution in [-0.2, 0) is 11.3 Å². The number of nitrogens with zero attached hydrogens (tertiary/aromatic N) is 6. The zero-order chi connectivity index (χ0) is 20.1. The number of morpholine rings is 1. The lowest BCUT2D eigenvalue weighted by molar-refractivity contribution is 0.0952. The van der Waals surface area contributed by atoms with Crippen LogP contribution in [0.5, 0.6) is 0 Å². The monoisotopic (exact) mass is 397 g/mol. The van der Waals surface area contributed by atoms with Gasteiger partial charge >= 0.3 is 0 Å². The van der Waals surface area contributed by atoms with Crippen molar-refractivity contribution in [2.24, 2.45) is 0 Å². The Labute approximate surface area is 166 Å². The Morgan fingerprint density at radius 2 is 2.14 bits per heavy atom. The Hall–Kier alpha value is -3.40. The van der Waals surface area contributed by atoms with Crippen LogP contribution in [0.3, 0.4) is 0 Å². The molecule has 0 unspecified atom stereocenters. The van der Waals surface area contributed by atoms with E-state index in [0.717, 1.165) is 6.20 Å². The quantitative estimate of drug-likeness (QED) is 0.666. The fourth-order valence-electron chi connectivity index (χ4n) is 3.03. The number of amides is 1. The van der Waals surface area contributed by atoms with E-state index < -0.39 is 5.82 Å². The smallest absolute Gasteiger partial charge is 0.251 e. The number of hydrogen-bond donors (Lipinski definition) is 1. The summed E-state index contributed by atoms with van der Waals surface area (Å²) in [6.07, 6.45) is 4.47. The molecule has 3 aromatic rings. The lowest BCUT2D eigenvalue weighted by atomic mass is 10.1. The van der Waals surface area contributed by atoms with Crippen molar-refractivity contribution >= 4 is 11.7 Å². The number of hydrogen-bond acceptors (Lipinski definition) is 7. The standard InChI is InChI=1S/C19H20FN7O2/c20-16-13-22-17(24-18(16)26-8-10-29-11-9-26)14-2-1-3-15(12-14)19(28)21-4-6-27-7-5-23-25-27/h1-3,5,7,12-13H,4,6,8-11H2,(H,21,28). The van der Waals surface area contributed by atoms with E-state index in [-0.39, 0.29) is 11.7 Å². The summed E-state index contributed by atoms with van der Waals surface area (Å²) in [7, 11) is 0. The van der Waals surface area contributed by atoms with Crippen LogP contribution < -0.4 is 10.2 Å². The fourth-order valence-corrected chi connectivity index (χ4v) is 3.03. The third kappa shape index (κ3) is 4.54. The highest BCUT2D eigenvalue weighted by Gasteiger charge is 2.18. The highest BCUT2D eigenvalue weighted by Crippen LogP contribution is 2.22. The van der Waals surface area contributed by atoms with E-state index in [0.29, 0.717) is 56.3 Å². The molecular formula is C19H20FN7O2. The normalized spacial score (nSPS) is 14.0. The number of rotatable bonds is 6. The van der Waals surface area contributed by atoms with Crippen molar-refractivity contribution in [1.29, 1.82) is 0 Å². The number of aromatic nitrogens is 5. The Kier molecular flexibility index (Phi) is 5.71. The van der Waals surface area contributed by atoms with E-state index in [4.69, 9.17) is 4.74 Å². The Balaban J connectivity index is 1.48. The molecule has 9 nitrogen and oxygen atoms in total. The van der Waals surface area contributed by atoms with Gasteiger partial charge in [-0.2, -0.15) is 0 Å². The molecule has 2 aromatic heterocycles. The molecule has 1 fully saturated rings. The number of carbonyl (C=O) groups is 1. The molecule has 1 saturated heterocycles. The maximum atomic E-state index is 14.3. The summed E-state index contributed by atoms with van der Waals surface area (Å²) in [5.41, 5.74) is 1.12. The molecule has 0 saturated carbocycles. The summed E-state index contributed by atoms with van der Waals surface area (Å²) >= 11 is 0. The average Bonchev–Trinajstić information content (AvgIpc) is 3.28. The van der Waals surface area contributed by atoms with E-state index in [1.165, 1.54) is 0 Å². The summed E-state index contributed by atoms with van der Waals surface area (Å²) in [4.78, 5) is 22.8. The summed E-state index contributed by atoms with van der Waals surface area (Å²) in [6.45, 7) is 3.14. The van der Waals surface area contributed by atoms with Crippen molar-refractivity contribution < 1.29 is 13.9 Å². The van der Waals surface area contributed by atoms with Gasteiger partial charge in [0.05, 0.1) is 32.2 Å². The van der Waals surface area contributed by atoms with E-state index in [9.17, 15) is 9.18 Å². The predicted octanol–water partition coefficient (Wildman–Crippen LogP) is 1.14. The molecule has 3 heterocycles. The van der Waals surface area contributed by atoms with E-state index in [1.807, 2.05) is 4.90 Å². The maximum Gasteiger partial charge on any atom is 0.251 e. The molecule has 1 aliphatic heterocycles. The van der Waals surface area contributed by atoms with Gasteiger partial charge in [-0.05, 0) is 12.1 Å². The fraction of sp³-hybridized carbons (Fsp3) is 0.316. The van der Waals surface area contributed by atoms with Gasteiger partial charge in [-0.25, -0.2) is 14.4 Å². The molecule has 1 amide bonds. The third-order valence-electron chi connectivity index (χ3n) is 4.52. The van der Waals surface area contributed by atoms with Gasteiger partial charge < -0.3 is 15.0 Å². The van der Waals surface area contributed by atoms with Crippen LogP contribution in [0.25, 0.3) is 11.4 Å². The molecule has 0 bridgehead atoms. The topological polar surface area (TPSA) is 98.1 Å².